The van der Waals surface area contributed by atoms with E-state index < -0.39 is 27.9 Å². The van der Waals surface area contributed by atoms with Crippen LogP contribution in [0.5, 0.6) is 0 Å². The summed E-state index contributed by atoms with van der Waals surface area (Å²) in [5.41, 5.74) is 1.64. The van der Waals surface area contributed by atoms with Gasteiger partial charge in [-0.3, -0.25) is 9.59 Å². The van der Waals surface area contributed by atoms with Crippen LogP contribution < -0.4 is 10.0 Å². The van der Waals surface area contributed by atoms with E-state index in [4.69, 9.17) is 4.74 Å². The van der Waals surface area contributed by atoms with Crippen LogP contribution in [0, 0.1) is 6.92 Å². The lowest BCUT2D eigenvalue weighted by Gasteiger charge is -2.20. The third kappa shape index (κ3) is 6.38. The summed E-state index contributed by atoms with van der Waals surface area (Å²) in [6.45, 7) is 5.27. The van der Waals surface area contributed by atoms with Crippen molar-refractivity contribution in [3.05, 3.63) is 65.2 Å². The minimum atomic E-state index is -3.69. The Labute approximate surface area is 183 Å². The number of esters is 1. The van der Waals surface area contributed by atoms with Crippen molar-refractivity contribution in [2.75, 3.05) is 0 Å². The summed E-state index contributed by atoms with van der Waals surface area (Å²) in [5.74, 6) is -0.877. The lowest BCUT2D eigenvalue weighted by molar-refractivity contribution is -0.147. The highest BCUT2D eigenvalue weighted by atomic mass is 32.2. The first-order valence-electron chi connectivity index (χ1n) is 10.3. The van der Waals surface area contributed by atoms with Crippen LogP contribution in [-0.4, -0.2) is 32.4 Å². The molecule has 8 heteroatoms. The van der Waals surface area contributed by atoms with Gasteiger partial charge in [-0.05, 0) is 56.9 Å². The van der Waals surface area contributed by atoms with Gasteiger partial charge in [-0.1, -0.05) is 36.4 Å². The molecule has 0 radical (unpaired) electrons. The predicted molar refractivity (Wildman–Crippen MR) is 117 cm³/mol. The number of rotatable bonds is 9. The van der Waals surface area contributed by atoms with Crippen molar-refractivity contribution in [2.24, 2.45) is 0 Å². The molecule has 1 atom stereocenters. The van der Waals surface area contributed by atoms with Crippen LogP contribution in [-0.2, 0) is 19.6 Å². The largest absolute Gasteiger partial charge is 0.463 e. The Balaban J connectivity index is 1.83. The number of hydrogen-bond acceptors (Lipinski definition) is 5. The summed E-state index contributed by atoms with van der Waals surface area (Å²) < 4.78 is 33.0. The first-order valence-corrected chi connectivity index (χ1v) is 11.8. The van der Waals surface area contributed by atoms with Gasteiger partial charge in [-0.15, -0.1) is 0 Å². The normalized spacial score (nSPS) is 14.8. The molecule has 2 aromatic carbocycles. The number of sulfonamides is 1. The summed E-state index contributed by atoms with van der Waals surface area (Å²) in [4.78, 5) is 25.4. The molecule has 1 aliphatic carbocycles. The van der Waals surface area contributed by atoms with Crippen molar-refractivity contribution in [1.82, 2.24) is 10.0 Å². The number of aryl methyl sites for hydroxylation is 1. The van der Waals surface area contributed by atoms with E-state index in [1.54, 1.807) is 26.8 Å². The van der Waals surface area contributed by atoms with Gasteiger partial charge in [0, 0.05) is 11.6 Å². The summed E-state index contributed by atoms with van der Waals surface area (Å²) in [6, 6.07) is 13.0. The highest BCUT2D eigenvalue weighted by molar-refractivity contribution is 7.89. The molecule has 1 unspecified atom stereocenters. The molecule has 3 rings (SSSR count). The van der Waals surface area contributed by atoms with Crippen LogP contribution in [0.4, 0.5) is 0 Å². The fourth-order valence-electron chi connectivity index (χ4n) is 3.15. The Morgan fingerprint density at radius 2 is 1.77 bits per heavy atom. The average Bonchev–Trinajstić information content (AvgIpc) is 3.51. The third-order valence-electron chi connectivity index (χ3n) is 4.91. The minimum Gasteiger partial charge on any atom is -0.463 e. The Kier molecular flexibility index (Phi) is 7.12. The van der Waals surface area contributed by atoms with E-state index in [9.17, 15) is 18.0 Å². The predicted octanol–water partition coefficient (Wildman–Crippen LogP) is 3.25. The lowest BCUT2D eigenvalue weighted by atomic mass is 10.0. The molecule has 1 amide bonds. The molecule has 0 aromatic heterocycles. The summed E-state index contributed by atoms with van der Waals surface area (Å²) in [5, 5.41) is 2.87. The van der Waals surface area contributed by atoms with Crippen molar-refractivity contribution in [3.63, 3.8) is 0 Å². The summed E-state index contributed by atoms with van der Waals surface area (Å²) >= 11 is 0. The molecule has 0 heterocycles. The van der Waals surface area contributed by atoms with Gasteiger partial charge < -0.3 is 10.1 Å². The number of ether oxygens (including phenoxy) is 1. The molecular weight excluding hydrogens is 416 g/mol. The Bertz CT molecular complexity index is 1050. The number of carbonyl (C=O) groups excluding carboxylic acids is 2. The molecule has 1 fully saturated rings. The minimum absolute atomic E-state index is 0.0296. The highest BCUT2D eigenvalue weighted by Gasteiger charge is 2.29. The van der Waals surface area contributed by atoms with E-state index in [1.807, 2.05) is 30.3 Å². The molecular formula is C23H28N2O5S. The zero-order valence-electron chi connectivity index (χ0n) is 17.9. The van der Waals surface area contributed by atoms with E-state index in [-0.39, 0.29) is 29.0 Å². The molecule has 0 bridgehead atoms. The van der Waals surface area contributed by atoms with E-state index >= 15 is 0 Å². The zero-order chi connectivity index (χ0) is 22.6. The Morgan fingerprint density at radius 1 is 1.10 bits per heavy atom. The second-order valence-corrected chi connectivity index (χ2v) is 9.77. The number of hydrogen-bond donors (Lipinski definition) is 2. The van der Waals surface area contributed by atoms with Crippen molar-refractivity contribution in [1.29, 1.82) is 0 Å². The highest BCUT2D eigenvalue weighted by Crippen LogP contribution is 2.24. The van der Waals surface area contributed by atoms with Crippen LogP contribution in [0.2, 0.25) is 0 Å². The second-order valence-electron chi connectivity index (χ2n) is 8.05. The van der Waals surface area contributed by atoms with Gasteiger partial charge in [-0.25, -0.2) is 13.1 Å². The van der Waals surface area contributed by atoms with Gasteiger partial charge in [0.2, 0.25) is 10.0 Å². The molecule has 0 spiro atoms. The molecule has 1 aliphatic rings. The van der Waals surface area contributed by atoms with Gasteiger partial charge in [0.1, 0.15) is 0 Å². The molecule has 2 N–H and O–H groups in total. The third-order valence-corrected chi connectivity index (χ3v) is 6.43. The van der Waals surface area contributed by atoms with Crippen LogP contribution in [0.1, 0.15) is 60.6 Å². The Morgan fingerprint density at radius 3 is 2.39 bits per heavy atom. The first kappa shape index (κ1) is 23.0. The van der Waals surface area contributed by atoms with Crippen LogP contribution in [0.3, 0.4) is 0 Å². The maximum atomic E-state index is 13.1. The van der Waals surface area contributed by atoms with E-state index in [1.165, 1.54) is 12.1 Å². The molecule has 7 nitrogen and oxygen atoms in total. The zero-order valence-corrected chi connectivity index (χ0v) is 18.7. The Hall–Kier alpha value is -2.71. The van der Waals surface area contributed by atoms with Crippen LogP contribution in [0.15, 0.2) is 53.4 Å². The van der Waals surface area contributed by atoms with Crippen molar-refractivity contribution in [3.8, 4) is 0 Å². The fourth-order valence-corrected chi connectivity index (χ4v) is 4.48. The second kappa shape index (κ2) is 9.62. The van der Waals surface area contributed by atoms with Gasteiger partial charge in [0.25, 0.3) is 5.91 Å². The molecule has 2 aromatic rings. The van der Waals surface area contributed by atoms with E-state index in [0.29, 0.717) is 5.56 Å². The van der Waals surface area contributed by atoms with Crippen LogP contribution in [0.25, 0.3) is 0 Å². The van der Waals surface area contributed by atoms with Gasteiger partial charge >= 0.3 is 5.97 Å². The average molecular weight is 445 g/mol. The van der Waals surface area contributed by atoms with E-state index in [0.717, 1.165) is 18.4 Å². The van der Waals surface area contributed by atoms with E-state index in [2.05, 4.69) is 10.0 Å². The monoisotopic (exact) mass is 444 g/mol. The van der Waals surface area contributed by atoms with Crippen molar-refractivity contribution in [2.45, 2.75) is 63.1 Å². The number of nitrogens with one attached hydrogen (secondary N) is 2. The van der Waals surface area contributed by atoms with Gasteiger partial charge in [-0.2, -0.15) is 0 Å². The molecule has 0 aliphatic heterocycles. The summed E-state index contributed by atoms with van der Waals surface area (Å²) in [7, 11) is -3.69. The molecule has 166 valence electrons. The SMILES string of the molecule is Cc1ccc(S(=O)(=O)NC2CC2)cc1C(=O)NC(CC(=O)OC(C)C)c1ccccc1. The lowest BCUT2D eigenvalue weighted by Crippen LogP contribution is -2.32. The quantitative estimate of drug-likeness (QED) is 0.578. The summed E-state index contributed by atoms with van der Waals surface area (Å²) in [6.07, 6.45) is 1.35. The topological polar surface area (TPSA) is 102 Å². The maximum absolute atomic E-state index is 13.1. The maximum Gasteiger partial charge on any atom is 0.308 e. The smallest absolute Gasteiger partial charge is 0.308 e. The van der Waals surface area contributed by atoms with Crippen LogP contribution >= 0.6 is 0 Å². The van der Waals surface area contributed by atoms with Gasteiger partial charge in [0.05, 0.1) is 23.5 Å². The standard InChI is InChI=1S/C23H28N2O5S/c1-15(2)30-22(26)14-21(17-7-5-4-6-8-17)24-23(27)20-13-19(12-9-16(20)3)31(28,29)25-18-10-11-18/h4-9,12-13,15,18,21,25H,10-11,14H2,1-3H3,(H,24,27). The van der Waals surface area contributed by atoms with Gasteiger partial charge in [0.15, 0.2) is 0 Å². The number of carbonyl (C=O) groups is 2. The number of benzene rings is 2. The molecule has 31 heavy (non-hydrogen) atoms. The first-order chi connectivity index (χ1) is 14.7. The molecule has 1 saturated carbocycles. The number of amides is 1. The van der Waals surface area contributed by atoms with Crippen molar-refractivity contribution >= 4 is 21.9 Å². The van der Waals surface area contributed by atoms with Crippen molar-refractivity contribution < 1.29 is 22.7 Å². The molecule has 0 saturated heterocycles. The fraction of sp³-hybridized carbons (Fsp3) is 0.391.